The maximum Gasteiger partial charge on any atom is 0.295 e. The van der Waals surface area contributed by atoms with Gasteiger partial charge in [0.15, 0.2) is 0 Å². The van der Waals surface area contributed by atoms with Crippen molar-refractivity contribution in [2.45, 2.75) is 19.6 Å². The summed E-state index contributed by atoms with van der Waals surface area (Å²) in [6.45, 7) is 2.41. The molecule has 0 spiro atoms. The van der Waals surface area contributed by atoms with E-state index in [0.717, 1.165) is 5.56 Å². The van der Waals surface area contributed by atoms with Gasteiger partial charge in [0, 0.05) is 31.4 Å². The van der Waals surface area contributed by atoms with Crippen LogP contribution in [0.1, 0.15) is 28.3 Å². The SMILES string of the molecule is COCCN1C(=O)C(=O)/C(=C(/O)c2ccc(OCc3ccccc3)cc2C)[C@H]1c1ccc([N+](=O)[O-])cc1. The smallest absolute Gasteiger partial charge is 0.295 e. The van der Waals surface area contributed by atoms with E-state index < -0.39 is 22.7 Å². The van der Waals surface area contributed by atoms with E-state index in [4.69, 9.17) is 9.47 Å². The zero-order valence-corrected chi connectivity index (χ0v) is 20.4. The first-order valence-electron chi connectivity index (χ1n) is 11.6. The number of methoxy groups -OCH3 is 1. The number of aliphatic hydroxyl groups excluding tert-OH is 1. The van der Waals surface area contributed by atoms with Crippen LogP contribution in [0.15, 0.2) is 78.4 Å². The Bertz CT molecular complexity index is 1350. The van der Waals surface area contributed by atoms with Gasteiger partial charge in [0.1, 0.15) is 18.1 Å². The third-order valence-corrected chi connectivity index (χ3v) is 6.20. The predicted molar refractivity (Wildman–Crippen MR) is 136 cm³/mol. The molecule has 190 valence electrons. The molecule has 9 nitrogen and oxygen atoms in total. The first-order chi connectivity index (χ1) is 17.8. The minimum Gasteiger partial charge on any atom is -0.507 e. The number of rotatable bonds is 9. The Balaban J connectivity index is 1.71. The van der Waals surface area contributed by atoms with E-state index in [9.17, 15) is 24.8 Å². The van der Waals surface area contributed by atoms with Crippen LogP contribution >= 0.6 is 0 Å². The fraction of sp³-hybridized carbons (Fsp3) is 0.214. The Morgan fingerprint density at radius 2 is 1.76 bits per heavy atom. The summed E-state index contributed by atoms with van der Waals surface area (Å²) in [6, 6.07) is 19.4. The van der Waals surface area contributed by atoms with E-state index in [1.165, 1.54) is 36.3 Å². The van der Waals surface area contributed by atoms with E-state index in [2.05, 4.69) is 0 Å². The number of nitro benzene ring substituents is 1. The summed E-state index contributed by atoms with van der Waals surface area (Å²) < 4.78 is 11.0. The highest BCUT2D eigenvalue weighted by molar-refractivity contribution is 6.46. The van der Waals surface area contributed by atoms with Crippen LogP contribution in [0.2, 0.25) is 0 Å². The number of ketones is 1. The molecule has 9 heteroatoms. The number of amides is 1. The second kappa shape index (κ2) is 11.0. The lowest BCUT2D eigenvalue weighted by atomic mass is 9.93. The standard InChI is InChI=1S/C28H26N2O7/c1-18-16-22(37-17-19-6-4-3-5-7-19)12-13-23(18)26(31)24-25(20-8-10-21(11-9-20)30(34)35)29(14-15-36-2)28(33)27(24)32/h3-13,16,25,31H,14-15,17H2,1-2H3/b26-24+/t25-/m1/s1. The molecule has 1 amide bonds. The van der Waals surface area contributed by atoms with Crippen LogP contribution in [-0.2, 0) is 20.9 Å². The number of carbonyl (C=O) groups is 2. The Hall–Kier alpha value is -4.50. The third kappa shape index (κ3) is 5.36. The number of hydrogen-bond acceptors (Lipinski definition) is 7. The van der Waals surface area contributed by atoms with Gasteiger partial charge >= 0.3 is 0 Å². The number of hydrogen-bond donors (Lipinski definition) is 1. The van der Waals surface area contributed by atoms with Crippen LogP contribution in [-0.4, -0.2) is 46.9 Å². The number of ether oxygens (including phenoxy) is 2. The summed E-state index contributed by atoms with van der Waals surface area (Å²) in [6.07, 6.45) is 0. The molecule has 1 saturated heterocycles. The molecule has 0 bridgehead atoms. The second-order valence-corrected chi connectivity index (χ2v) is 8.58. The highest BCUT2D eigenvalue weighted by Crippen LogP contribution is 2.40. The van der Waals surface area contributed by atoms with Crippen LogP contribution in [0, 0.1) is 17.0 Å². The summed E-state index contributed by atoms with van der Waals surface area (Å²) in [4.78, 5) is 37.9. The fourth-order valence-corrected chi connectivity index (χ4v) is 4.30. The molecular formula is C28H26N2O7. The predicted octanol–water partition coefficient (Wildman–Crippen LogP) is 4.55. The summed E-state index contributed by atoms with van der Waals surface area (Å²) in [5.74, 6) is -1.35. The quantitative estimate of drug-likeness (QED) is 0.150. The van der Waals surface area contributed by atoms with Crippen molar-refractivity contribution in [3.05, 3.63) is 111 Å². The highest BCUT2D eigenvalue weighted by Gasteiger charge is 2.46. The number of nitrogens with zero attached hydrogens (tertiary/aromatic N) is 2. The number of benzene rings is 3. The minimum atomic E-state index is -0.927. The van der Waals surface area contributed by atoms with Crippen molar-refractivity contribution < 1.29 is 29.1 Å². The second-order valence-electron chi connectivity index (χ2n) is 8.58. The number of carbonyl (C=O) groups excluding carboxylic acids is 2. The van der Waals surface area contributed by atoms with Crippen molar-refractivity contribution in [3.63, 3.8) is 0 Å². The van der Waals surface area contributed by atoms with Crippen LogP contribution in [0.3, 0.4) is 0 Å². The number of likely N-dealkylation sites (tertiary alicyclic amines) is 1. The average molecular weight is 503 g/mol. The van der Waals surface area contributed by atoms with Crippen molar-refractivity contribution in [2.75, 3.05) is 20.3 Å². The first-order valence-corrected chi connectivity index (χ1v) is 11.6. The molecule has 3 aromatic carbocycles. The molecule has 0 aliphatic carbocycles. The Morgan fingerprint density at radius 1 is 1.05 bits per heavy atom. The molecule has 0 saturated carbocycles. The van der Waals surface area contributed by atoms with Crippen LogP contribution in [0.4, 0.5) is 5.69 Å². The summed E-state index contributed by atoms with van der Waals surface area (Å²) >= 11 is 0. The maximum atomic E-state index is 13.1. The van der Waals surface area contributed by atoms with E-state index in [-0.39, 0.29) is 30.2 Å². The molecule has 1 fully saturated rings. The number of non-ortho nitro benzene ring substituents is 1. The van der Waals surface area contributed by atoms with Gasteiger partial charge in [-0.15, -0.1) is 0 Å². The van der Waals surface area contributed by atoms with Gasteiger partial charge in [-0.05, 0) is 53.9 Å². The number of Topliss-reactive ketones (excluding diaryl/α,β-unsaturated/α-hetero) is 1. The van der Waals surface area contributed by atoms with Gasteiger partial charge in [-0.2, -0.15) is 0 Å². The first kappa shape index (κ1) is 25.6. The van der Waals surface area contributed by atoms with Crippen LogP contribution in [0.5, 0.6) is 5.75 Å². The van der Waals surface area contributed by atoms with Crippen LogP contribution in [0.25, 0.3) is 5.76 Å². The van der Waals surface area contributed by atoms with Gasteiger partial charge in [0.05, 0.1) is 23.1 Å². The molecule has 1 aliphatic heterocycles. The van der Waals surface area contributed by atoms with Crippen molar-refractivity contribution in [1.82, 2.24) is 4.90 Å². The largest absolute Gasteiger partial charge is 0.507 e. The maximum absolute atomic E-state index is 13.1. The zero-order chi connectivity index (χ0) is 26.5. The molecule has 0 unspecified atom stereocenters. The minimum absolute atomic E-state index is 0.0870. The summed E-state index contributed by atoms with van der Waals surface area (Å²) in [7, 11) is 1.47. The third-order valence-electron chi connectivity index (χ3n) is 6.20. The Kier molecular flexibility index (Phi) is 7.64. The molecule has 37 heavy (non-hydrogen) atoms. The van der Waals surface area contributed by atoms with Crippen molar-refractivity contribution in [2.24, 2.45) is 0 Å². The zero-order valence-electron chi connectivity index (χ0n) is 20.4. The highest BCUT2D eigenvalue weighted by atomic mass is 16.6. The van der Waals surface area contributed by atoms with Gasteiger partial charge in [-0.1, -0.05) is 30.3 Å². The molecule has 1 atom stereocenters. The molecular weight excluding hydrogens is 476 g/mol. The molecule has 1 N–H and O–H groups in total. The number of nitro groups is 1. The van der Waals surface area contributed by atoms with Crippen molar-refractivity contribution in [1.29, 1.82) is 0 Å². The van der Waals surface area contributed by atoms with E-state index >= 15 is 0 Å². The fourth-order valence-electron chi connectivity index (χ4n) is 4.30. The van der Waals surface area contributed by atoms with E-state index in [0.29, 0.717) is 29.0 Å². The molecule has 1 heterocycles. The van der Waals surface area contributed by atoms with Gasteiger partial charge in [0.25, 0.3) is 17.4 Å². The molecule has 3 aromatic rings. The van der Waals surface area contributed by atoms with Crippen molar-refractivity contribution >= 4 is 23.1 Å². The Labute approximate surface area is 213 Å². The van der Waals surface area contributed by atoms with Gasteiger partial charge in [-0.3, -0.25) is 19.7 Å². The molecule has 1 aliphatic rings. The van der Waals surface area contributed by atoms with Gasteiger partial charge in [0.2, 0.25) is 0 Å². The van der Waals surface area contributed by atoms with E-state index in [1.807, 2.05) is 30.3 Å². The van der Waals surface area contributed by atoms with Crippen molar-refractivity contribution in [3.8, 4) is 5.75 Å². The Morgan fingerprint density at radius 3 is 2.38 bits per heavy atom. The molecule has 0 radical (unpaired) electrons. The number of aliphatic hydroxyl groups is 1. The molecule has 4 rings (SSSR count). The monoisotopic (exact) mass is 502 g/mol. The van der Waals surface area contributed by atoms with Gasteiger partial charge < -0.3 is 19.5 Å². The average Bonchev–Trinajstić information content (AvgIpc) is 3.16. The normalized spacial score (nSPS) is 16.7. The van der Waals surface area contributed by atoms with E-state index in [1.54, 1.807) is 25.1 Å². The summed E-state index contributed by atoms with van der Waals surface area (Å²) in [5, 5.41) is 22.4. The lowest BCUT2D eigenvalue weighted by Crippen LogP contribution is -2.32. The summed E-state index contributed by atoms with van der Waals surface area (Å²) in [5.41, 5.74) is 2.28. The van der Waals surface area contributed by atoms with Crippen LogP contribution < -0.4 is 4.74 Å². The lowest BCUT2D eigenvalue weighted by Gasteiger charge is -2.25. The molecule has 0 aromatic heterocycles. The topological polar surface area (TPSA) is 119 Å². The van der Waals surface area contributed by atoms with Gasteiger partial charge in [-0.25, -0.2) is 0 Å². The lowest BCUT2D eigenvalue weighted by molar-refractivity contribution is -0.384. The number of aryl methyl sites for hydroxylation is 1.